The molecule has 0 fully saturated rings. The Bertz CT molecular complexity index is 3250. The van der Waals surface area contributed by atoms with Gasteiger partial charge in [0.2, 0.25) is 0 Å². The maximum Gasteiger partial charge on any atom is 0.164 e. The minimum absolute atomic E-state index is 0.607. The van der Waals surface area contributed by atoms with Crippen LogP contribution in [-0.2, 0) is 0 Å². The van der Waals surface area contributed by atoms with Crippen LogP contribution in [0.4, 0.5) is 0 Å². The van der Waals surface area contributed by atoms with Crippen LogP contribution in [0.1, 0.15) is 0 Å². The van der Waals surface area contributed by atoms with E-state index in [1.165, 1.54) is 22.3 Å². The van der Waals surface area contributed by atoms with Gasteiger partial charge >= 0.3 is 0 Å². The first kappa shape index (κ1) is 35.9. The number of nitrogens with zero attached hydrogens (tertiary/aromatic N) is 3. The van der Waals surface area contributed by atoms with Crippen molar-refractivity contribution in [1.29, 1.82) is 0 Å². The summed E-state index contributed by atoms with van der Waals surface area (Å²) in [4.78, 5) is 14.9. The van der Waals surface area contributed by atoms with Crippen LogP contribution in [0, 0.1) is 0 Å². The Morgan fingerprint density at radius 3 is 1.16 bits per heavy atom. The maximum absolute atomic E-state index is 7.06. The van der Waals surface area contributed by atoms with E-state index in [2.05, 4.69) is 164 Å². The molecule has 2 heterocycles. The van der Waals surface area contributed by atoms with Crippen molar-refractivity contribution >= 4 is 21.9 Å². The zero-order valence-corrected chi connectivity index (χ0v) is 33.1. The molecule has 0 aliphatic heterocycles. The van der Waals surface area contributed by atoms with Crippen LogP contribution in [0.3, 0.4) is 0 Å². The molecule has 4 heteroatoms. The third-order valence-corrected chi connectivity index (χ3v) is 11.4. The van der Waals surface area contributed by atoms with Crippen molar-refractivity contribution in [1.82, 2.24) is 15.0 Å². The molecule has 0 bridgehead atoms. The summed E-state index contributed by atoms with van der Waals surface area (Å²) in [5.74, 6) is 1.86. The first-order chi connectivity index (χ1) is 30.2. The highest BCUT2D eigenvalue weighted by Gasteiger charge is 2.19. The second-order valence-electron chi connectivity index (χ2n) is 15.2. The Kier molecular flexibility index (Phi) is 9.14. The minimum atomic E-state index is 0.607. The van der Waals surface area contributed by atoms with E-state index in [0.717, 1.165) is 72.0 Å². The number of aromatic nitrogens is 3. The van der Waals surface area contributed by atoms with Gasteiger partial charge in [0, 0.05) is 38.6 Å². The van der Waals surface area contributed by atoms with E-state index in [0.29, 0.717) is 17.5 Å². The van der Waals surface area contributed by atoms with Crippen molar-refractivity contribution in [3.05, 3.63) is 224 Å². The standard InChI is InChI=1S/C57H37N3O/c1-5-15-38(16-6-1)40-27-29-42(30-28-40)48-36-51(43-33-31-41(32-34-43)39-17-7-2-8-18-39)54-52(37-48)50-26-14-25-49(53(50)61-54)46-23-13-24-47(35-46)57-59-55(44-19-9-3-10-20-44)58-56(60-57)45-21-11-4-12-22-45/h1-37H. The van der Waals surface area contributed by atoms with Gasteiger partial charge in [-0.05, 0) is 62.7 Å². The molecule has 0 saturated carbocycles. The van der Waals surface area contributed by atoms with Crippen LogP contribution in [0.2, 0.25) is 0 Å². The Morgan fingerprint density at radius 1 is 0.230 bits per heavy atom. The van der Waals surface area contributed by atoms with Crippen LogP contribution >= 0.6 is 0 Å². The molecule has 2 aromatic heterocycles. The lowest BCUT2D eigenvalue weighted by atomic mass is 9.93. The van der Waals surface area contributed by atoms with Crippen molar-refractivity contribution in [3.63, 3.8) is 0 Å². The molecular formula is C57H37N3O. The average Bonchev–Trinajstić information content (AvgIpc) is 3.74. The number of hydrogen-bond acceptors (Lipinski definition) is 4. The molecule has 11 aromatic rings. The highest BCUT2D eigenvalue weighted by molar-refractivity contribution is 6.14. The third kappa shape index (κ3) is 6.96. The maximum atomic E-state index is 7.06. The van der Waals surface area contributed by atoms with E-state index in [4.69, 9.17) is 19.4 Å². The van der Waals surface area contributed by atoms with E-state index in [1.807, 2.05) is 60.7 Å². The van der Waals surface area contributed by atoms with Gasteiger partial charge in [-0.2, -0.15) is 0 Å². The third-order valence-electron chi connectivity index (χ3n) is 11.4. The Balaban J connectivity index is 1.05. The number of furan rings is 1. The summed E-state index contributed by atoms with van der Waals surface area (Å²) in [5.41, 5.74) is 15.6. The molecule has 0 unspecified atom stereocenters. The van der Waals surface area contributed by atoms with Crippen LogP contribution in [0.25, 0.3) is 112 Å². The van der Waals surface area contributed by atoms with Crippen LogP contribution in [0.5, 0.6) is 0 Å². The van der Waals surface area contributed by atoms with E-state index in [-0.39, 0.29) is 0 Å². The van der Waals surface area contributed by atoms with Crippen molar-refractivity contribution in [2.24, 2.45) is 0 Å². The Labute approximate surface area is 354 Å². The Hall–Kier alpha value is -8.21. The first-order valence-electron chi connectivity index (χ1n) is 20.5. The van der Waals surface area contributed by atoms with Crippen molar-refractivity contribution in [3.8, 4) is 89.8 Å². The zero-order valence-electron chi connectivity index (χ0n) is 33.1. The second-order valence-corrected chi connectivity index (χ2v) is 15.2. The van der Waals surface area contributed by atoms with Crippen LogP contribution < -0.4 is 0 Å². The predicted octanol–water partition coefficient (Wildman–Crippen LogP) is 15.1. The fraction of sp³-hybridized carbons (Fsp3) is 0. The molecule has 11 rings (SSSR count). The average molecular weight is 780 g/mol. The number of rotatable bonds is 8. The van der Waals surface area contributed by atoms with Gasteiger partial charge in [-0.1, -0.05) is 206 Å². The van der Waals surface area contributed by atoms with Gasteiger partial charge in [0.05, 0.1) is 0 Å². The van der Waals surface area contributed by atoms with E-state index < -0.39 is 0 Å². The molecular weight excluding hydrogens is 743 g/mol. The quantitative estimate of drug-likeness (QED) is 0.154. The Morgan fingerprint density at radius 2 is 0.623 bits per heavy atom. The molecule has 0 spiro atoms. The topological polar surface area (TPSA) is 51.8 Å². The predicted molar refractivity (Wildman–Crippen MR) is 251 cm³/mol. The molecule has 61 heavy (non-hydrogen) atoms. The van der Waals surface area contributed by atoms with Crippen molar-refractivity contribution in [2.75, 3.05) is 0 Å². The molecule has 286 valence electrons. The minimum Gasteiger partial charge on any atom is -0.455 e. The summed E-state index contributed by atoms with van der Waals surface area (Å²) in [5, 5.41) is 2.12. The van der Waals surface area contributed by atoms with E-state index >= 15 is 0 Å². The zero-order chi connectivity index (χ0) is 40.5. The lowest BCUT2D eigenvalue weighted by Gasteiger charge is -2.10. The van der Waals surface area contributed by atoms with Gasteiger partial charge in [0.15, 0.2) is 17.5 Å². The molecule has 0 N–H and O–H groups in total. The lowest BCUT2D eigenvalue weighted by Crippen LogP contribution is -2.00. The highest BCUT2D eigenvalue weighted by atomic mass is 16.3. The summed E-state index contributed by atoms with van der Waals surface area (Å²) in [6, 6.07) is 78.2. The van der Waals surface area contributed by atoms with Gasteiger partial charge in [-0.15, -0.1) is 0 Å². The molecule has 4 nitrogen and oxygen atoms in total. The second kappa shape index (κ2) is 15.5. The summed E-state index contributed by atoms with van der Waals surface area (Å²) >= 11 is 0. The van der Waals surface area contributed by atoms with Crippen molar-refractivity contribution in [2.45, 2.75) is 0 Å². The van der Waals surface area contributed by atoms with Crippen LogP contribution in [0.15, 0.2) is 229 Å². The molecule has 0 aliphatic carbocycles. The van der Waals surface area contributed by atoms with Gasteiger partial charge in [0.25, 0.3) is 0 Å². The summed E-state index contributed by atoms with van der Waals surface area (Å²) in [6.07, 6.45) is 0. The van der Waals surface area contributed by atoms with E-state index in [1.54, 1.807) is 0 Å². The number of hydrogen-bond donors (Lipinski definition) is 0. The van der Waals surface area contributed by atoms with Gasteiger partial charge in [-0.25, -0.2) is 15.0 Å². The number of fused-ring (bicyclic) bond motifs is 3. The lowest BCUT2D eigenvalue weighted by molar-refractivity contribution is 0.671. The molecule has 0 atom stereocenters. The fourth-order valence-electron chi connectivity index (χ4n) is 8.23. The number of para-hydroxylation sites is 1. The fourth-order valence-corrected chi connectivity index (χ4v) is 8.23. The molecule has 0 aliphatic rings. The summed E-state index contributed by atoms with van der Waals surface area (Å²) in [7, 11) is 0. The van der Waals surface area contributed by atoms with Gasteiger partial charge < -0.3 is 4.42 Å². The molecule has 0 saturated heterocycles. The molecule has 9 aromatic carbocycles. The van der Waals surface area contributed by atoms with E-state index in [9.17, 15) is 0 Å². The monoisotopic (exact) mass is 779 g/mol. The highest BCUT2D eigenvalue weighted by Crippen LogP contribution is 2.43. The number of benzene rings is 9. The van der Waals surface area contributed by atoms with Gasteiger partial charge in [-0.3, -0.25) is 0 Å². The normalized spacial score (nSPS) is 11.3. The summed E-state index contributed by atoms with van der Waals surface area (Å²) in [6.45, 7) is 0. The first-order valence-corrected chi connectivity index (χ1v) is 20.5. The van der Waals surface area contributed by atoms with Gasteiger partial charge in [0.1, 0.15) is 11.2 Å². The SMILES string of the molecule is c1ccc(-c2ccc(-c3cc(-c4ccc(-c5ccccc5)cc4)c4oc5c(-c6cccc(-c7nc(-c8ccccc8)nc(-c8ccccc8)n7)c6)cccc5c4c3)cc2)cc1. The largest absolute Gasteiger partial charge is 0.455 e. The van der Waals surface area contributed by atoms with Crippen molar-refractivity contribution < 1.29 is 4.42 Å². The molecule has 0 amide bonds. The molecule has 0 radical (unpaired) electrons. The van der Waals surface area contributed by atoms with Crippen LogP contribution in [-0.4, -0.2) is 15.0 Å². The summed E-state index contributed by atoms with van der Waals surface area (Å²) < 4.78 is 7.06. The smallest absolute Gasteiger partial charge is 0.164 e.